The summed E-state index contributed by atoms with van der Waals surface area (Å²) < 4.78 is 5.26. The summed E-state index contributed by atoms with van der Waals surface area (Å²) in [4.78, 5) is 12.0. The van der Waals surface area contributed by atoms with E-state index in [0.29, 0.717) is 33.6 Å². The average Bonchev–Trinajstić information content (AvgIpc) is 3.16. The van der Waals surface area contributed by atoms with Crippen LogP contribution >= 0.6 is 23.2 Å². The first kappa shape index (κ1) is 15.4. The maximum Gasteiger partial charge on any atom is 0.223 e. The lowest BCUT2D eigenvalue weighted by Gasteiger charge is -2.08. The van der Waals surface area contributed by atoms with Crippen LogP contribution in [-0.2, 0) is 11.3 Å². The zero-order valence-corrected chi connectivity index (χ0v) is 13.5. The molecule has 0 aliphatic heterocycles. The molecule has 0 bridgehead atoms. The van der Waals surface area contributed by atoms with Crippen LogP contribution in [0.25, 0.3) is 11.3 Å². The molecule has 1 heterocycles. The van der Waals surface area contributed by atoms with Crippen molar-refractivity contribution < 1.29 is 9.32 Å². The molecule has 3 rings (SSSR count). The van der Waals surface area contributed by atoms with Crippen molar-refractivity contribution in [2.45, 2.75) is 32.2 Å². The van der Waals surface area contributed by atoms with E-state index < -0.39 is 0 Å². The maximum absolute atomic E-state index is 12.0. The van der Waals surface area contributed by atoms with Crippen LogP contribution in [0, 0.1) is 5.92 Å². The lowest BCUT2D eigenvalue weighted by molar-refractivity contribution is -0.125. The fourth-order valence-corrected chi connectivity index (χ4v) is 3.35. The Hall–Kier alpha value is -1.52. The zero-order valence-electron chi connectivity index (χ0n) is 11.9. The fraction of sp³-hybridized carbons (Fsp3) is 0.375. The van der Waals surface area contributed by atoms with Gasteiger partial charge in [-0.3, -0.25) is 4.79 Å². The first-order valence-electron chi connectivity index (χ1n) is 7.33. The molecule has 22 heavy (non-hydrogen) atoms. The second-order valence-electron chi connectivity index (χ2n) is 5.47. The van der Waals surface area contributed by atoms with Gasteiger partial charge < -0.3 is 9.84 Å². The van der Waals surface area contributed by atoms with E-state index in [9.17, 15) is 4.79 Å². The SMILES string of the molecule is O=C(NCc1cc(-c2c(Cl)cccc2Cl)no1)C1CCCC1. The van der Waals surface area contributed by atoms with E-state index in [0.717, 1.165) is 25.7 Å². The van der Waals surface area contributed by atoms with Gasteiger partial charge in [0.15, 0.2) is 5.76 Å². The van der Waals surface area contributed by atoms with Gasteiger partial charge in [-0.25, -0.2) is 0 Å². The normalized spacial score (nSPS) is 15.2. The van der Waals surface area contributed by atoms with E-state index in [1.807, 2.05) is 0 Å². The Morgan fingerprint density at radius 1 is 1.27 bits per heavy atom. The van der Waals surface area contributed by atoms with Crippen LogP contribution < -0.4 is 5.32 Å². The van der Waals surface area contributed by atoms with Crippen molar-refractivity contribution in [3.05, 3.63) is 40.1 Å². The molecule has 0 unspecified atom stereocenters. The number of hydrogen-bond acceptors (Lipinski definition) is 3. The number of benzene rings is 1. The Labute approximate surface area is 138 Å². The molecule has 1 fully saturated rings. The topological polar surface area (TPSA) is 55.1 Å². The van der Waals surface area contributed by atoms with Gasteiger partial charge in [0.25, 0.3) is 0 Å². The summed E-state index contributed by atoms with van der Waals surface area (Å²) in [7, 11) is 0. The molecule has 1 N–H and O–H groups in total. The van der Waals surface area contributed by atoms with Crippen LogP contribution in [0.5, 0.6) is 0 Å². The number of hydrogen-bond donors (Lipinski definition) is 1. The van der Waals surface area contributed by atoms with E-state index in [1.165, 1.54) is 0 Å². The Morgan fingerprint density at radius 2 is 1.95 bits per heavy atom. The molecule has 6 heteroatoms. The Morgan fingerprint density at radius 3 is 2.64 bits per heavy atom. The Bertz CT molecular complexity index is 658. The van der Waals surface area contributed by atoms with Crippen molar-refractivity contribution in [2.75, 3.05) is 0 Å². The molecule has 1 aromatic heterocycles. The molecule has 1 amide bonds. The summed E-state index contributed by atoms with van der Waals surface area (Å²) in [6.45, 7) is 0.324. The van der Waals surface area contributed by atoms with E-state index in [1.54, 1.807) is 24.3 Å². The summed E-state index contributed by atoms with van der Waals surface area (Å²) in [5.74, 6) is 0.809. The largest absolute Gasteiger partial charge is 0.359 e. The minimum atomic E-state index is 0.0891. The molecule has 0 saturated heterocycles. The number of amides is 1. The molecule has 2 aromatic rings. The smallest absolute Gasteiger partial charge is 0.223 e. The number of nitrogens with one attached hydrogen (secondary N) is 1. The maximum atomic E-state index is 12.0. The molecule has 1 aromatic carbocycles. The minimum absolute atomic E-state index is 0.0891. The lowest BCUT2D eigenvalue weighted by atomic mass is 10.1. The molecular formula is C16H16Cl2N2O2. The van der Waals surface area contributed by atoms with Crippen molar-refractivity contribution >= 4 is 29.1 Å². The first-order chi connectivity index (χ1) is 10.6. The van der Waals surface area contributed by atoms with E-state index >= 15 is 0 Å². The molecular weight excluding hydrogens is 323 g/mol. The second-order valence-corrected chi connectivity index (χ2v) is 6.29. The zero-order chi connectivity index (χ0) is 15.5. The van der Waals surface area contributed by atoms with Crippen molar-refractivity contribution in [3.63, 3.8) is 0 Å². The highest BCUT2D eigenvalue weighted by Gasteiger charge is 2.22. The Kier molecular flexibility index (Phi) is 4.69. The van der Waals surface area contributed by atoms with Gasteiger partial charge in [-0.15, -0.1) is 0 Å². The molecule has 0 radical (unpaired) electrons. The quantitative estimate of drug-likeness (QED) is 0.895. The lowest BCUT2D eigenvalue weighted by Crippen LogP contribution is -2.28. The number of halogens is 2. The van der Waals surface area contributed by atoms with Crippen molar-refractivity contribution in [2.24, 2.45) is 5.92 Å². The van der Waals surface area contributed by atoms with Crippen LogP contribution in [0.15, 0.2) is 28.8 Å². The third-order valence-corrected chi connectivity index (χ3v) is 4.57. The highest BCUT2D eigenvalue weighted by molar-refractivity contribution is 6.39. The van der Waals surface area contributed by atoms with Crippen molar-refractivity contribution in [3.8, 4) is 11.3 Å². The molecule has 1 saturated carbocycles. The van der Waals surface area contributed by atoms with Gasteiger partial charge in [0.2, 0.25) is 5.91 Å². The monoisotopic (exact) mass is 338 g/mol. The van der Waals surface area contributed by atoms with Gasteiger partial charge in [-0.05, 0) is 25.0 Å². The van der Waals surface area contributed by atoms with Gasteiger partial charge in [-0.1, -0.05) is 47.3 Å². The number of rotatable bonds is 4. The molecule has 0 spiro atoms. The summed E-state index contributed by atoms with van der Waals surface area (Å²) in [5.41, 5.74) is 1.21. The van der Waals surface area contributed by atoms with Gasteiger partial charge in [0.1, 0.15) is 5.69 Å². The fourth-order valence-electron chi connectivity index (χ4n) is 2.76. The third-order valence-electron chi connectivity index (χ3n) is 3.94. The standard InChI is InChI=1S/C16H16Cl2N2O2/c17-12-6-3-7-13(18)15(12)14-8-11(22-20-14)9-19-16(21)10-4-1-2-5-10/h3,6-8,10H,1-2,4-5,9H2,(H,19,21). The summed E-state index contributed by atoms with van der Waals surface area (Å²) in [6, 6.07) is 7.02. The van der Waals surface area contributed by atoms with Crippen LogP contribution in [0.3, 0.4) is 0 Å². The third kappa shape index (κ3) is 3.28. The van der Waals surface area contributed by atoms with Crippen molar-refractivity contribution in [1.29, 1.82) is 0 Å². The summed E-state index contributed by atoms with van der Waals surface area (Å²) in [6.07, 6.45) is 4.22. The number of aromatic nitrogens is 1. The van der Waals surface area contributed by atoms with E-state index in [2.05, 4.69) is 10.5 Å². The molecule has 1 aliphatic carbocycles. The molecule has 0 atom stereocenters. The van der Waals surface area contributed by atoms with Crippen LogP contribution in [0.2, 0.25) is 10.0 Å². The van der Waals surface area contributed by atoms with Gasteiger partial charge >= 0.3 is 0 Å². The highest BCUT2D eigenvalue weighted by atomic mass is 35.5. The van der Waals surface area contributed by atoms with Crippen LogP contribution in [-0.4, -0.2) is 11.1 Å². The summed E-state index contributed by atoms with van der Waals surface area (Å²) >= 11 is 12.3. The van der Waals surface area contributed by atoms with Crippen LogP contribution in [0.1, 0.15) is 31.4 Å². The van der Waals surface area contributed by atoms with E-state index in [4.69, 9.17) is 27.7 Å². The molecule has 116 valence electrons. The predicted octanol–water partition coefficient (Wildman–Crippen LogP) is 4.45. The number of nitrogens with zero attached hydrogens (tertiary/aromatic N) is 1. The number of carbonyl (C=O) groups is 1. The number of carbonyl (C=O) groups excluding carboxylic acids is 1. The first-order valence-corrected chi connectivity index (χ1v) is 8.08. The minimum Gasteiger partial charge on any atom is -0.359 e. The van der Waals surface area contributed by atoms with Crippen molar-refractivity contribution in [1.82, 2.24) is 10.5 Å². The second kappa shape index (κ2) is 6.71. The average molecular weight is 339 g/mol. The molecule has 4 nitrogen and oxygen atoms in total. The highest BCUT2D eigenvalue weighted by Crippen LogP contribution is 2.34. The molecule has 1 aliphatic rings. The van der Waals surface area contributed by atoms with Gasteiger partial charge in [0.05, 0.1) is 16.6 Å². The summed E-state index contributed by atoms with van der Waals surface area (Å²) in [5, 5.41) is 7.92. The van der Waals surface area contributed by atoms with Crippen LogP contribution in [0.4, 0.5) is 0 Å². The Balaban J connectivity index is 1.67. The predicted molar refractivity (Wildman–Crippen MR) is 85.8 cm³/mol. The van der Waals surface area contributed by atoms with Gasteiger partial charge in [0, 0.05) is 17.5 Å². The van der Waals surface area contributed by atoms with Gasteiger partial charge in [-0.2, -0.15) is 0 Å². The van der Waals surface area contributed by atoms with E-state index in [-0.39, 0.29) is 11.8 Å².